The van der Waals surface area contributed by atoms with Gasteiger partial charge in [-0.3, -0.25) is 14.7 Å². The molecule has 0 aliphatic carbocycles. The Kier molecular flexibility index (Phi) is 4.66. The average molecular weight is 307 g/mol. The fraction of sp³-hybridized carbons (Fsp3) is 0.765. The highest BCUT2D eigenvalue weighted by molar-refractivity contribution is 5.90. The van der Waals surface area contributed by atoms with E-state index in [1.165, 1.54) is 11.3 Å². The zero-order chi connectivity index (χ0) is 16.7. The third-order valence-electron chi connectivity index (χ3n) is 4.35. The van der Waals surface area contributed by atoms with Gasteiger partial charge >= 0.3 is 5.97 Å². The number of aliphatic carboxylic acids is 1. The van der Waals surface area contributed by atoms with Crippen molar-refractivity contribution in [2.45, 2.75) is 47.6 Å². The van der Waals surface area contributed by atoms with Crippen molar-refractivity contribution in [2.24, 2.45) is 16.3 Å². The van der Waals surface area contributed by atoms with Crippen molar-refractivity contribution in [3.63, 3.8) is 0 Å². The third kappa shape index (κ3) is 3.35. The van der Waals surface area contributed by atoms with E-state index in [1.807, 2.05) is 4.90 Å². The molecule has 0 spiro atoms. The maximum Gasteiger partial charge on any atom is 0.317 e. The van der Waals surface area contributed by atoms with Crippen LogP contribution in [-0.4, -0.2) is 58.9 Å². The van der Waals surface area contributed by atoms with Crippen molar-refractivity contribution in [2.75, 3.05) is 26.2 Å². The van der Waals surface area contributed by atoms with Crippen molar-refractivity contribution in [1.82, 2.24) is 9.80 Å². The normalized spacial score (nSPS) is 23.7. The first-order chi connectivity index (χ1) is 10.1. The van der Waals surface area contributed by atoms with Crippen LogP contribution in [0, 0.1) is 11.3 Å². The second kappa shape index (κ2) is 6.03. The standard InChI is InChI=1S/C17H29N3O2/c1-11(2)15-12(3)18-16(17(4,5)6)20-8-7-19(9-13(15)20)10-14(21)22/h11-12H,7-10H2,1-6H3,(H,21,22)/t12-/m0/s1. The summed E-state index contributed by atoms with van der Waals surface area (Å²) in [4.78, 5) is 20.4. The quantitative estimate of drug-likeness (QED) is 0.870. The first kappa shape index (κ1) is 17.0. The maximum atomic E-state index is 11.0. The summed E-state index contributed by atoms with van der Waals surface area (Å²) in [5.74, 6) is 0.797. The minimum absolute atomic E-state index is 0.00299. The number of hydrogen-bond acceptors (Lipinski definition) is 4. The van der Waals surface area contributed by atoms with Gasteiger partial charge in [-0.15, -0.1) is 0 Å². The molecular weight excluding hydrogens is 278 g/mol. The smallest absolute Gasteiger partial charge is 0.317 e. The Bertz CT molecular complexity index is 514. The number of carbonyl (C=O) groups is 1. The molecule has 1 fully saturated rings. The Morgan fingerprint density at radius 1 is 1.36 bits per heavy atom. The third-order valence-corrected chi connectivity index (χ3v) is 4.35. The van der Waals surface area contributed by atoms with Crippen LogP contribution in [0.2, 0.25) is 0 Å². The molecule has 2 aliphatic rings. The molecular formula is C17H29N3O2. The zero-order valence-electron chi connectivity index (χ0n) is 14.7. The van der Waals surface area contributed by atoms with Gasteiger partial charge < -0.3 is 10.0 Å². The largest absolute Gasteiger partial charge is 0.480 e. The molecule has 22 heavy (non-hydrogen) atoms. The van der Waals surface area contributed by atoms with Gasteiger partial charge in [-0.25, -0.2) is 0 Å². The minimum atomic E-state index is -0.756. The highest BCUT2D eigenvalue weighted by Crippen LogP contribution is 2.35. The molecule has 124 valence electrons. The van der Waals surface area contributed by atoms with Crippen molar-refractivity contribution in [1.29, 1.82) is 0 Å². The van der Waals surface area contributed by atoms with Crippen LogP contribution in [-0.2, 0) is 4.79 Å². The van der Waals surface area contributed by atoms with E-state index in [0.29, 0.717) is 12.5 Å². The molecule has 0 saturated carbocycles. The molecule has 5 nitrogen and oxygen atoms in total. The Balaban J connectivity index is 2.38. The van der Waals surface area contributed by atoms with Crippen LogP contribution in [0.15, 0.2) is 16.3 Å². The van der Waals surface area contributed by atoms with Crippen LogP contribution in [0.1, 0.15) is 41.5 Å². The SMILES string of the molecule is CC(C)C1=C2CN(CC(=O)O)CCN2C(C(C)(C)C)=N[C@H]1C. The van der Waals surface area contributed by atoms with Crippen molar-refractivity contribution >= 4 is 11.8 Å². The van der Waals surface area contributed by atoms with Crippen LogP contribution >= 0.6 is 0 Å². The average Bonchev–Trinajstić information content (AvgIpc) is 2.34. The molecule has 0 bridgehead atoms. The second-order valence-electron chi connectivity index (χ2n) is 7.69. The number of rotatable bonds is 3. The van der Waals surface area contributed by atoms with Crippen molar-refractivity contribution in [3.8, 4) is 0 Å². The monoisotopic (exact) mass is 307 g/mol. The predicted octanol–water partition coefficient (Wildman–Crippen LogP) is 2.45. The van der Waals surface area contributed by atoms with E-state index in [1.54, 1.807) is 0 Å². The van der Waals surface area contributed by atoms with E-state index in [-0.39, 0.29) is 18.0 Å². The molecule has 0 unspecified atom stereocenters. The van der Waals surface area contributed by atoms with Gasteiger partial charge in [0.2, 0.25) is 0 Å². The van der Waals surface area contributed by atoms with Gasteiger partial charge in [-0.05, 0) is 18.4 Å². The van der Waals surface area contributed by atoms with Gasteiger partial charge in [0.1, 0.15) is 5.84 Å². The van der Waals surface area contributed by atoms with E-state index in [4.69, 9.17) is 10.1 Å². The van der Waals surface area contributed by atoms with Gasteiger partial charge in [0, 0.05) is 30.7 Å². The Labute approximate surface area is 133 Å². The molecule has 1 saturated heterocycles. The van der Waals surface area contributed by atoms with Gasteiger partial charge in [0.25, 0.3) is 0 Å². The number of hydrogen-bond donors (Lipinski definition) is 1. The van der Waals surface area contributed by atoms with Gasteiger partial charge in [-0.1, -0.05) is 34.6 Å². The summed E-state index contributed by atoms with van der Waals surface area (Å²) in [5, 5.41) is 9.08. The van der Waals surface area contributed by atoms with Crippen molar-refractivity contribution in [3.05, 3.63) is 11.3 Å². The Hall–Kier alpha value is -1.36. The molecule has 1 atom stereocenters. The number of piperazine rings is 1. The Morgan fingerprint density at radius 2 is 2.00 bits per heavy atom. The van der Waals surface area contributed by atoms with Crippen LogP contribution in [0.25, 0.3) is 0 Å². The highest BCUT2D eigenvalue weighted by atomic mass is 16.4. The van der Waals surface area contributed by atoms with Gasteiger partial charge in [0.15, 0.2) is 0 Å². The summed E-state index contributed by atoms with van der Waals surface area (Å²) in [6.45, 7) is 15.5. The number of carboxylic acids is 1. The second-order valence-corrected chi connectivity index (χ2v) is 7.69. The van der Waals surface area contributed by atoms with E-state index in [0.717, 1.165) is 18.9 Å². The fourth-order valence-electron chi connectivity index (χ4n) is 3.54. The Morgan fingerprint density at radius 3 is 2.50 bits per heavy atom. The molecule has 2 rings (SSSR count). The predicted molar refractivity (Wildman–Crippen MR) is 89.0 cm³/mol. The lowest BCUT2D eigenvalue weighted by Gasteiger charge is -2.46. The lowest BCUT2D eigenvalue weighted by molar-refractivity contribution is -0.138. The molecule has 1 N–H and O–H groups in total. The van der Waals surface area contributed by atoms with E-state index < -0.39 is 5.97 Å². The maximum absolute atomic E-state index is 11.0. The number of amidine groups is 1. The van der Waals surface area contributed by atoms with Crippen LogP contribution in [0.3, 0.4) is 0 Å². The van der Waals surface area contributed by atoms with E-state index >= 15 is 0 Å². The summed E-state index contributed by atoms with van der Waals surface area (Å²) in [6.07, 6.45) is 0. The summed E-state index contributed by atoms with van der Waals surface area (Å²) in [6, 6.07) is 0.172. The summed E-state index contributed by atoms with van der Waals surface area (Å²) >= 11 is 0. The number of nitrogens with zero attached hydrogens (tertiary/aromatic N) is 3. The first-order valence-electron chi connectivity index (χ1n) is 8.14. The molecule has 0 radical (unpaired) electrons. The highest BCUT2D eigenvalue weighted by Gasteiger charge is 2.37. The molecule has 0 amide bonds. The number of fused-ring (bicyclic) bond motifs is 1. The van der Waals surface area contributed by atoms with Crippen LogP contribution < -0.4 is 0 Å². The van der Waals surface area contributed by atoms with Crippen molar-refractivity contribution < 1.29 is 9.90 Å². The molecule has 0 aromatic carbocycles. The van der Waals surface area contributed by atoms with Crippen LogP contribution in [0.5, 0.6) is 0 Å². The molecule has 2 aliphatic heterocycles. The topological polar surface area (TPSA) is 56.1 Å². The fourth-order valence-corrected chi connectivity index (χ4v) is 3.54. The van der Waals surface area contributed by atoms with E-state index in [2.05, 4.69) is 46.4 Å². The molecule has 0 aromatic rings. The molecule has 2 heterocycles. The lowest BCUT2D eigenvalue weighted by atomic mass is 9.86. The molecule has 5 heteroatoms. The molecule has 0 aromatic heterocycles. The lowest BCUT2D eigenvalue weighted by Crippen LogP contribution is -2.54. The summed E-state index contributed by atoms with van der Waals surface area (Å²) < 4.78 is 0. The van der Waals surface area contributed by atoms with Gasteiger partial charge in [-0.2, -0.15) is 0 Å². The van der Waals surface area contributed by atoms with Gasteiger partial charge in [0.05, 0.1) is 12.6 Å². The zero-order valence-corrected chi connectivity index (χ0v) is 14.7. The minimum Gasteiger partial charge on any atom is -0.480 e. The first-order valence-corrected chi connectivity index (χ1v) is 8.14. The summed E-state index contributed by atoms with van der Waals surface area (Å²) in [7, 11) is 0. The number of aliphatic imine (C=N–C) groups is 1. The van der Waals surface area contributed by atoms with Crippen LogP contribution in [0.4, 0.5) is 0 Å². The summed E-state index contributed by atoms with van der Waals surface area (Å²) in [5.41, 5.74) is 2.62. The number of carboxylic acid groups (broad SMARTS) is 1. The van der Waals surface area contributed by atoms with E-state index in [9.17, 15) is 4.79 Å².